The molecule has 0 amide bonds. The Labute approximate surface area is 175 Å². The molecular weight excluding hydrogens is 447 g/mol. The lowest BCUT2D eigenvalue weighted by Gasteiger charge is -2.14. The van der Waals surface area contributed by atoms with Crippen LogP contribution in [-0.2, 0) is 36.7 Å². The van der Waals surface area contributed by atoms with Crippen LogP contribution >= 0.6 is 11.6 Å². The molecule has 0 N–H and O–H groups in total. The maximum absolute atomic E-state index is 13.1. The molecule has 13 heteroatoms. The number of nitrogens with zero attached hydrogens (tertiary/aromatic N) is 5. The van der Waals surface area contributed by atoms with Crippen LogP contribution in [0, 0.1) is 6.92 Å². The van der Waals surface area contributed by atoms with Crippen LogP contribution in [0.2, 0.25) is 5.02 Å². The largest absolute Gasteiger partial charge is 0.485 e. The van der Waals surface area contributed by atoms with Crippen LogP contribution in [0.1, 0.15) is 17.1 Å². The smallest absolute Gasteiger partial charge is 0.435 e. The van der Waals surface area contributed by atoms with Gasteiger partial charge in [-0.2, -0.15) is 18.3 Å². The van der Waals surface area contributed by atoms with Gasteiger partial charge < -0.3 is 9.30 Å². The minimum atomic E-state index is -4.60. The first-order valence-corrected chi connectivity index (χ1v) is 10.7. The quantitative estimate of drug-likeness (QED) is 0.577. The van der Waals surface area contributed by atoms with E-state index in [2.05, 4.69) is 15.3 Å². The highest BCUT2D eigenvalue weighted by Crippen LogP contribution is 2.38. The molecule has 8 nitrogen and oxygen atoms in total. The fourth-order valence-corrected chi connectivity index (χ4v) is 3.72. The Morgan fingerprint density at radius 2 is 1.83 bits per heavy atom. The molecule has 0 saturated heterocycles. The van der Waals surface area contributed by atoms with Gasteiger partial charge in [-0.1, -0.05) is 11.6 Å². The maximum Gasteiger partial charge on any atom is 0.435 e. The maximum atomic E-state index is 13.1. The van der Waals surface area contributed by atoms with Gasteiger partial charge >= 0.3 is 6.18 Å². The SMILES string of the molecule is Cc1cc(OCc2nnc(S(C)(=O)=O)n2C)c(-c2cc(C(F)(F)F)nn2C)cc1Cl. The van der Waals surface area contributed by atoms with E-state index < -0.39 is 21.7 Å². The molecule has 0 radical (unpaired) electrons. The lowest BCUT2D eigenvalue weighted by Crippen LogP contribution is -2.10. The summed E-state index contributed by atoms with van der Waals surface area (Å²) in [5.41, 5.74) is 0.0350. The second kappa shape index (κ2) is 7.58. The molecule has 0 aliphatic carbocycles. The molecule has 3 aromatic rings. The van der Waals surface area contributed by atoms with Crippen molar-refractivity contribution in [3.63, 3.8) is 0 Å². The molecule has 0 unspecified atom stereocenters. The van der Waals surface area contributed by atoms with Crippen LogP contribution in [0.25, 0.3) is 11.3 Å². The van der Waals surface area contributed by atoms with Gasteiger partial charge in [0.2, 0.25) is 15.0 Å². The highest BCUT2D eigenvalue weighted by atomic mass is 35.5. The zero-order valence-corrected chi connectivity index (χ0v) is 17.9. The van der Waals surface area contributed by atoms with Gasteiger partial charge in [0, 0.05) is 30.9 Å². The summed E-state index contributed by atoms with van der Waals surface area (Å²) in [5, 5.41) is 11.1. The van der Waals surface area contributed by atoms with Gasteiger partial charge in [0.25, 0.3) is 0 Å². The van der Waals surface area contributed by atoms with E-state index in [1.54, 1.807) is 13.0 Å². The van der Waals surface area contributed by atoms with Gasteiger partial charge in [0.1, 0.15) is 12.4 Å². The van der Waals surface area contributed by atoms with E-state index in [0.29, 0.717) is 16.1 Å². The minimum Gasteiger partial charge on any atom is -0.485 e. The van der Waals surface area contributed by atoms with Crippen LogP contribution in [-0.4, -0.2) is 39.2 Å². The molecule has 0 aliphatic heterocycles. The van der Waals surface area contributed by atoms with Crippen molar-refractivity contribution in [3.8, 4) is 17.0 Å². The van der Waals surface area contributed by atoms with Crippen LogP contribution in [0.5, 0.6) is 5.75 Å². The predicted molar refractivity (Wildman–Crippen MR) is 102 cm³/mol. The van der Waals surface area contributed by atoms with E-state index in [1.807, 2.05) is 0 Å². The number of sulfone groups is 1. The molecule has 1 aromatic carbocycles. The average Bonchev–Trinajstić information content (AvgIpc) is 3.18. The van der Waals surface area contributed by atoms with Crippen LogP contribution in [0.4, 0.5) is 13.2 Å². The fraction of sp³-hybridized carbons (Fsp3) is 0.353. The topological polar surface area (TPSA) is 91.9 Å². The number of ether oxygens (including phenoxy) is 1. The first kappa shape index (κ1) is 22.1. The molecule has 0 saturated carbocycles. The summed E-state index contributed by atoms with van der Waals surface area (Å²) in [6.07, 6.45) is -3.60. The van der Waals surface area contributed by atoms with Crippen molar-refractivity contribution in [1.82, 2.24) is 24.5 Å². The van der Waals surface area contributed by atoms with E-state index in [-0.39, 0.29) is 29.0 Å². The molecule has 0 atom stereocenters. The zero-order valence-electron chi connectivity index (χ0n) is 16.3. The van der Waals surface area contributed by atoms with Gasteiger partial charge in [-0.05, 0) is 30.7 Å². The summed E-state index contributed by atoms with van der Waals surface area (Å²) in [7, 11) is -0.728. The lowest BCUT2D eigenvalue weighted by molar-refractivity contribution is -0.141. The van der Waals surface area contributed by atoms with Crippen molar-refractivity contribution in [3.05, 3.63) is 40.3 Å². The Morgan fingerprint density at radius 1 is 1.17 bits per heavy atom. The van der Waals surface area contributed by atoms with E-state index in [1.165, 1.54) is 24.7 Å². The summed E-state index contributed by atoms with van der Waals surface area (Å²) in [6, 6.07) is 3.96. The predicted octanol–water partition coefficient (Wildman–Crippen LogP) is 3.18. The Kier molecular flexibility index (Phi) is 5.58. The molecule has 0 spiro atoms. The molecule has 2 heterocycles. The molecule has 2 aromatic heterocycles. The summed E-state index contributed by atoms with van der Waals surface area (Å²) in [6.45, 7) is 1.55. The molecule has 0 fully saturated rings. The Hall–Kier alpha value is -2.60. The molecule has 0 bridgehead atoms. The number of hydrogen-bond acceptors (Lipinski definition) is 6. The summed E-state index contributed by atoms with van der Waals surface area (Å²) >= 11 is 6.18. The average molecular weight is 464 g/mol. The summed E-state index contributed by atoms with van der Waals surface area (Å²) < 4.78 is 70.7. The lowest BCUT2D eigenvalue weighted by atomic mass is 10.1. The Balaban J connectivity index is 2.00. The standard InChI is InChI=1S/C17H17ClF3N5O3S/c1-9-5-13(29-8-15-22-23-16(25(15)2)30(4,27)28)10(6-11(9)18)12-7-14(17(19,20)21)24-26(12)3/h5-7H,8H2,1-4H3. The van der Waals surface area contributed by atoms with Crippen LogP contribution in [0.3, 0.4) is 0 Å². The molecule has 30 heavy (non-hydrogen) atoms. The summed E-state index contributed by atoms with van der Waals surface area (Å²) in [5.74, 6) is 0.451. The third-order valence-electron chi connectivity index (χ3n) is 4.32. The number of hydrogen-bond donors (Lipinski definition) is 0. The fourth-order valence-electron chi connectivity index (χ4n) is 2.77. The number of aromatic nitrogens is 5. The first-order chi connectivity index (χ1) is 13.8. The number of rotatable bonds is 5. The second-order valence-corrected chi connectivity index (χ2v) is 8.97. The van der Waals surface area contributed by atoms with Crippen LogP contribution < -0.4 is 4.74 Å². The van der Waals surface area contributed by atoms with Crippen molar-refractivity contribution in [2.24, 2.45) is 14.1 Å². The van der Waals surface area contributed by atoms with E-state index in [4.69, 9.17) is 16.3 Å². The number of halogens is 4. The van der Waals surface area contributed by atoms with Crippen molar-refractivity contribution >= 4 is 21.4 Å². The van der Waals surface area contributed by atoms with Crippen LogP contribution in [0.15, 0.2) is 23.4 Å². The van der Waals surface area contributed by atoms with Crippen molar-refractivity contribution in [2.75, 3.05) is 6.26 Å². The van der Waals surface area contributed by atoms with Gasteiger partial charge in [0.05, 0.1) is 5.69 Å². The van der Waals surface area contributed by atoms with E-state index >= 15 is 0 Å². The highest BCUT2D eigenvalue weighted by molar-refractivity contribution is 7.90. The molecule has 162 valence electrons. The third kappa shape index (κ3) is 4.29. The second-order valence-electron chi connectivity index (χ2n) is 6.65. The van der Waals surface area contributed by atoms with Gasteiger partial charge in [-0.15, -0.1) is 10.2 Å². The highest BCUT2D eigenvalue weighted by Gasteiger charge is 2.35. The van der Waals surface area contributed by atoms with Gasteiger partial charge in [-0.25, -0.2) is 8.42 Å². The van der Waals surface area contributed by atoms with Crippen molar-refractivity contribution in [2.45, 2.75) is 24.9 Å². The zero-order chi connectivity index (χ0) is 22.4. The Bertz CT molecular complexity index is 1220. The normalized spacial score (nSPS) is 12.4. The molecular formula is C17H17ClF3N5O3S. The van der Waals surface area contributed by atoms with Crippen molar-refractivity contribution in [1.29, 1.82) is 0 Å². The summed E-state index contributed by atoms with van der Waals surface area (Å²) in [4.78, 5) is 0. The molecule has 3 rings (SSSR count). The van der Waals surface area contributed by atoms with Gasteiger partial charge in [-0.3, -0.25) is 4.68 Å². The van der Waals surface area contributed by atoms with Gasteiger partial charge in [0.15, 0.2) is 11.5 Å². The number of aryl methyl sites for hydroxylation is 2. The Morgan fingerprint density at radius 3 is 2.37 bits per heavy atom. The third-order valence-corrected chi connectivity index (χ3v) is 5.75. The van der Waals surface area contributed by atoms with E-state index in [9.17, 15) is 21.6 Å². The number of alkyl halides is 3. The van der Waals surface area contributed by atoms with E-state index in [0.717, 1.165) is 17.0 Å². The first-order valence-electron chi connectivity index (χ1n) is 8.42. The minimum absolute atomic E-state index is 0.147. The number of benzene rings is 1. The monoisotopic (exact) mass is 463 g/mol. The van der Waals surface area contributed by atoms with Crippen molar-refractivity contribution < 1.29 is 26.3 Å². The molecule has 0 aliphatic rings.